The first-order valence-corrected chi connectivity index (χ1v) is 10.2. The summed E-state index contributed by atoms with van der Waals surface area (Å²) >= 11 is 0. The topological polar surface area (TPSA) is 89.5 Å². The molecule has 158 valence electrons. The number of fused-ring (bicyclic) bond motifs is 2. The molecule has 4 heterocycles. The third-order valence-electron chi connectivity index (χ3n) is 6.87. The molecule has 0 N–H and O–H groups in total. The van der Waals surface area contributed by atoms with Crippen molar-refractivity contribution in [2.75, 3.05) is 13.2 Å². The number of rotatable bonds is 5. The van der Waals surface area contributed by atoms with Gasteiger partial charge in [-0.25, -0.2) is 14.6 Å². The van der Waals surface area contributed by atoms with Crippen LogP contribution in [0.2, 0.25) is 0 Å². The zero-order chi connectivity index (χ0) is 20.1. The average Bonchev–Trinajstić information content (AvgIpc) is 2.85. The second-order valence-corrected chi connectivity index (χ2v) is 8.96. The molecule has 8 atom stereocenters. The summed E-state index contributed by atoms with van der Waals surface area (Å²) in [5.74, 6) is -0.828. The van der Waals surface area contributed by atoms with Crippen molar-refractivity contribution in [3.8, 4) is 0 Å². The maximum Gasteiger partial charge on any atom is 0.334 e. The van der Waals surface area contributed by atoms with Gasteiger partial charge in [-0.1, -0.05) is 13.8 Å². The van der Waals surface area contributed by atoms with Crippen molar-refractivity contribution in [3.05, 3.63) is 0 Å². The third-order valence-corrected chi connectivity index (χ3v) is 6.87. The van der Waals surface area contributed by atoms with Crippen LogP contribution in [0.3, 0.4) is 0 Å². The minimum Gasteiger partial charge on any atom is -0.434 e. The van der Waals surface area contributed by atoms with Crippen molar-refractivity contribution in [1.82, 2.24) is 0 Å². The van der Waals surface area contributed by atoms with Gasteiger partial charge in [-0.3, -0.25) is 4.79 Å². The molecule has 2 bridgehead atoms. The fraction of sp³-hybridized carbons (Fsp3) is 0.900. The molecule has 5 fully saturated rings. The summed E-state index contributed by atoms with van der Waals surface area (Å²) in [4.78, 5) is 34.9. The second kappa shape index (κ2) is 7.32. The van der Waals surface area contributed by atoms with E-state index in [1.807, 2.05) is 13.8 Å². The zero-order valence-electron chi connectivity index (χ0n) is 17.0. The van der Waals surface area contributed by atoms with E-state index in [0.29, 0.717) is 5.92 Å². The van der Waals surface area contributed by atoms with Gasteiger partial charge in [-0.05, 0) is 44.9 Å². The molecule has 4 saturated heterocycles. The minimum atomic E-state index is -0.864. The molecule has 0 radical (unpaired) electrons. The monoisotopic (exact) mass is 398 g/mol. The Labute approximate surface area is 165 Å². The van der Waals surface area contributed by atoms with Gasteiger partial charge in [0, 0.05) is 18.3 Å². The Morgan fingerprint density at radius 1 is 1.07 bits per heavy atom. The Balaban J connectivity index is 1.53. The fourth-order valence-corrected chi connectivity index (χ4v) is 5.45. The molecular formula is C20H30O8. The molecule has 28 heavy (non-hydrogen) atoms. The lowest BCUT2D eigenvalue weighted by Gasteiger charge is -2.59. The summed E-state index contributed by atoms with van der Waals surface area (Å²) in [6.07, 6.45) is 2.28. The van der Waals surface area contributed by atoms with Gasteiger partial charge in [0.2, 0.25) is 12.1 Å². The Bertz CT molecular complexity index is 638. The highest BCUT2D eigenvalue weighted by atomic mass is 17.3. The summed E-state index contributed by atoms with van der Waals surface area (Å²) < 4.78 is 23.0. The summed E-state index contributed by atoms with van der Waals surface area (Å²) in [6, 6.07) is 0. The second-order valence-electron chi connectivity index (χ2n) is 8.96. The van der Waals surface area contributed by atoms with Crippen molar-refractivity contribution in [3.63, 3.8) is 0 Å². The molecule has 4 aliphatic heterocycles. The van der Waals surface area contributed by atoms with E-state index in [2.05, 4.69) is 6.92 Å². The van der Waals surface area contributed by atoms with Crippen LogP contribution < -0.4 is 0 Å². The molecule has 1 saturated carbocycles. The normalized spacial score (nSPS) is 47.1. The number of ketones is 1. The van der Waals surface area contributed by atoms with Gasteiger partial charge >= 0.3 is 5.97 Å². The maximum atomic E-state index is 12.2. The first-order chi connectivity index (χ1) is 13.2. The number of carbonyl (C=O) groups excluding carboxylic acids is 2. The van der Waals surface area contributed by atoms with Crippen LogP contribution in [-0.4, -0.2) is 48.9 Å². The molecule has 0 aromatic rings. The predicted octanol–water partition coefficient (Wildman–Crippen LogP) is 2.34. The van der Waals surface area contributed by atoms with E-state index in [1.165, 1.54) is 6.92 Å². The summed E-state index contributed by atoms with van der Waals surface area (Å²) in [5, 5.41) is 0. The standard InChI is InChI=1S/C20H30O8/c1-11-5-6-15-13(3)17(24-16(22)10-23-9-12(2)21)25-18-20(15)14(11)7-8-19(4,26-18)27-28-20/h11,13-15,17-18H,5-10H2,1-4H3/t11-,13-,14+,15?,17?,18-,19+,20-/m1/s1. The smallest absolute Gasteiger partial charge is 0.334 e. The van der Waals surface area contributed by atoms with Crippen LogP contribution in [0.15, 0.2) is 0 Å². The van der Waals surface area contributed by atoms with Crippen LogP contribution in [0, 0.1) is 23.7 Å². The highest BCUT2D eigenvalue weighted by Gasteiger charge is 2.69. The minimum absolute atomic E-state index is 0.0855. The molecule has 8 heteroatoms. The zero-order valence-corrected chi connectivity index (χ0v) is 17.0. The molecule has 1 spiro atoms. The Morgan fingerprint density at radius 3 is 2.61 bits per heavy atom. The summed E-state index contributed by atoms with van der Waals surface area (Å²) in [6.45, 7) is 7.12. The third kappa shape index (κ3) is 3.29. The molecule has 2 unspecified atom stereocenters. The van der Waals surface area contributed by atoms with E-state index in [-0.39, 0.29) is 36.8 Å². The Kier molecular flexibility index (Phi) is 5.29. The lowest BCUT2D eigenvalue weighted by atomic mass is 9.58. The highest BCUT2D eigenvalue weighted by molar-refractivity contribution is 5.77. The van der Waals surface area contributed by atoms with Crippen molar-refractivity contribution >= 4 is 11.8 Å². The number of carbonyl (C=O) groups is 2. The van der Waals surface area contributed by atoms with Gasteiger partial charge < -0.3 is 18.9 Å². The quantitative estimate of drug-likeness (QED) is 0.515. The first kappa shape index (κ1) is 20.2. The SMILES string of the molecule is CC(=O)COCC(=O)OC1O[C@@H]2O[C@]3(C)CC[C@H]4[C@H](C)CCC([C@H]1C)[C@@]24OO3. The summed E-state index contributed by atoms with van der Waals surface area (Å²) in [7, 11) is 0. The molecule has 1 aliphatic carbocycles. The number of hydrogen-bond donors (Lipinski definition) is 0. The van der Waals surface area contributed by atoms with Crippen molar-refractivity contribution < 1.29 is 38.3 Å². The molecule has 8 nitrogen and oxygen atoms in total. The highest BCUT2D eigenvalue weighted by Crippen LogP contribution is 2.60. The van der Waals surface area contributed by atoms with Crippen molar-refractivity contribution in [2.24, 2.45) is 23.7 Å². The van der Waals surface area contributed by atoms with Gasteiger partial charge in [0.05, 0.1) is 0 Å². The van der Waals surface area contributed by atoms with Gasteiger partial charge in [-0.15, -0.1) is 0 Å². The van der Waals surface area contributed by atoms with Crippen LogP contribution in [0.1, 0.15) is 53.4 Å². The molecule has 0 aromatic heterocycles. The molecule has 5 aliphatic rings. The summed E-state index contributed by atoms with van der Waals surface area (Å²) in [5.41, 5.74) is -0.679. The lowest BCUT2D eigenvalue weighted by molar-refractivity contribution is -0.576. The van der Waals surface area contributed by atoms with Crippen LogP contribution in [0.4, 0.5) is 0 Å². The number of esters is 1. The number of hydrogen-bond acceptors (Lipinski definition) is 8. The molecule has 0 aromatic carbocycles. The molecule has 0 amide bonds. The van der Waals surface area contributed by atoms with E-state index < -0.39 is 29.9 Å². The van der Waals surface area contributed by atoms with E-state index in [9.17, 15) is 9.59 Å². The first-order valence-electron chi connectivity index (χ1n) is 10.2. The van der Waals surface area contributed by atoms with E-state index in [0.717, 1.165) is 25.7 Å². The van der Waals surface area contributed by atoms with Gasteiger partial charge in [0.15, 0.2) is 17.7 Å². The lowest BCUT2D eigenvalue weighted by Crippen LogP contribution is -2.70. The average molecular weight is 398 g/mol. The van der Waals surface area contributed by atoms with Crippen molar-refractivity contribution in [1.29, 1.82) is 0 Å². The van der Waals surface area contributed by atoms with Gasteiger partial charge in [-0.2, -0.15) is 0 Å². The van der Waals surface area contributed by atoms with Gasteiger partial charge in [0.25, 0.3) is 0 Å². The van der Waals surface area contributed by atoms with Crippen LogP contribution in [-0.2, 0) is 38.3 Å². The van der Waals surface area contributed by atoms with E-state index >= 15 is 0 Å². The van der Waals surface area contributed by atoms with E-state index in [1.54, 1.807) is 0 Å². The fourth-order valence-electron chi connectivity index (χ4n) is 5.45. The van der Waals surface area contributed by atoms with E-state index in [4.69, 9.17) is 28.7 Å². The van der Waals surface area contributed by atoms with Gasteiger partial charge in [0.1, 0.15) is 13.2 Å². The molecular weight excluding hydrogens is 368 g/mol. The Morgan fingerprint density at radius 2 is 1.86 bits per heavy atom. The van der Waals surface area contributed by atoms with Crippen molar-refractivity contribution in [2.45, 2.75) is 77.3 Å². The predicted molar refractivity (Wildman–Crippen MR) is 94.4 cm³/mol. The van der Waals surface area contributed by atoms with Crippen LogP contribution in [0.25, 0.3) is 0 Å². The largest absolute Gasteiger partial charge is 0.434 e. The maximum absolute atomic E-state index is 12.2. The van der Waals surface area contributed by atoms with Crippen LogP contribution in [0.5, 0.6) is 0 Å². The molecule has 5 rings (SSSR count). The Hall–Kier alpha value is -1.06. The number of ether oxygens (including phenoxy) is 4. The number of Topliss-reactive ketones (excluding diaryl/α,β-unsaturated/α-hetero) is 1. The van der Waals surface area contributed by atoms with Crippen LogP contribution >= 0.6 is 0 Å².